The number of hydrogen-bond donors (Lipinski definition) is 6. The Labute approximate surface area is 217 Å². The molecule has 2 heterocycles. The van der Waals surface area contributed by atoms with Gasteiger partial charge in [-0.05, 0) is 30.2 Å². The molecule has 1 aliphatic heterocycles. The topological polar surface area (TPSA) is 197 Å². The zero-order chi connectivity index (χ0) is 26.8. The van der Waals surface area contributed by atoms with E-state index in [1.807, 2.05) is 24.3 Å². The number of hydrogen-bond acceptors (Lipinski definition) is 10. The molecule has 1 aliphatic rings. The molecule has 1 saturated heterocycles. The molecule has 12 nitrogen and oxygen atoms in total. The van der Waals surface area contributed by atoms with Crippen LogP contribution >= 0.6 is 23.2 Å². The first kappa shape index (κ1) is 29.8. The van der Waals surface area contributed by atoms with Crippen molar-refractivity contribution in [2.24, 2.45) is 5.73 Å². The summed E-state index contributed by atoms with van der Waals surface area (Å²) in [5.41, 5.74) is 12.0. The van der Waals surface area contributed by atoms with Crippen molar-refractivity contribution in [1.29, 1.82) is 0 Å². The number of carboxylic acids is 1. The Morgan fingerprint density at radius 1 is 1.14 bits per heavy atom. The van der Waals surface area contributed by atoms with Gasteiger partial charge in [0, 0.05) is 36.7 Å². The number of halogens is 2. The Balaban J connectivity index is 0.000000255. The fourth-order valence-electron chi connectivity index (χ4n) is 3.49. The van der Waals surface area contributed by atoms with E-state index >= 15 is 0 Å². The summed E-state index contributed by atoms with van der Waals surface area (Å²) in [6, 6.07) is 8.14. The molecule has 36 heavy (non-hydrogen) atoms. The van der Waals surface area contributed by atoms with Gasteiger partial charge in [-0.2, -0.15) is 4.98 Å². The molecule has 0 spiro atoms. The average molecular weight is 548 g/mol. The number of carbonyl (C=O) groups is 1. The van der Waals surface area contributed by atoms with Crippen LogP contribution in [0.3, 0.4) is 0 Å². The van der Waals surface area contributed by atoms with E-state index in [2.05, 4.69) is 9.88 Å². The van der Waals surface area contributed by atoms with Crippen LogP contribution in [0.4, 0.5) is 11.5 Å². The van der Waals surface area contributed by atoms with Crippen LogP contribution in [0.15, 0.2) is 41.3 Å². The minimum Gasteiger partial charge on any atom is -0.480 e. The zero-order valence-corrected chi connectivity index (χ0v) is 20.9. The molecule has 5 atom stereocenters. The van der Waals surface area contributed by atoms with E-state index in [9.17, 15) is 19.8 Å². The summed E-state index contributed by atoms with van der Waals surface area (Å²) in [4.78, 5) is 27.8. The van der Waals surface area contributed by atoms with Crippen LogP contribution in [-0.2, 0) is 16.0 Å². The number of aliphatic carboxylic acids is 1. The fourth-order valence-corrected chi connectivity index (χ4v) is 3.90. The predicted molar refractivity (Wildman–Crippen MR) is 135 cm³/mol. The molecule has 0 radical (unpaired) electrons. The first-order valence-corrected chi connectivity index (χ1v) is 12.1. The van der Waals surface area contributed by atoms with E-state index in [1.165, 1.54) is 12.3 Å². The number of benzene rings is 1. The lowest BCUT2D eigenvalue weighted by Crippen LogP contribution is -2.36. The van der Waals surface area contributed by atoms with E-state index in [4.69, 9.17) is 49.6 Å². The van der Waals surface area contributed by atoms with Gasteiger partial charge in [-0.25, -0.2) is 4.79 Å². The Morgan fingerprint density at radius 3 is 2.22 bits per heavy atom. The molecule has 14 heteroatoms. The van der Waals surface area contributed by atoms with Crippen LogP contribution in [0.25, 0.3) is 0 Å². The third kappa shape index (κ3) is 8.03. The second-order valence-corrected chi connectivity index (χ2v) is 8.71. The Kier molecular flexibility index (Phi) is 11.9. The summed E-state index contributed by atoms with van der Waals surface area (Å²) in [6.45, 7) is 0.996. The van der Waals surface area contributed by atoms with Crippen molar-refractivity contribution in [3.05, 3.63) is 52.6 Å². The first-order valence-electron chi connectivity index (χ1n) is 11.0. The zero-order valence-electron chi connectivity index (χ0n) is 19.4. The number of rotatable bonds is 10. The van der Waals surface area contributed by atoms with Crippen molar-refractivity contribution in [3.8, 4) is 0 Å². The number of aliphatic hydroxyl groups is 3. The Hall–Kier alpha value is -2.45. The van der Waals surface area contributed by atoms with Crippen molar-refractivity contribution in [1.82, 2.24) is 9.55 Å². The average Bonchev–Trinajstić information content (AvgIpc) is 3.13. The van der Waals surface area contributed by atoms with Gasteiger partial charge in [-0.15, -0.1) is 23.2 Å². The lowest BCUT2D eigenvalue weighted by molar-refractivity contribution is -0.138. The largest absolute Gasteiger partial charge is 0.480 e. The van der Waals surface area contributed by atoms with Gasteiger partial charge in [0.1, 0.15) is 30.2 Å². The maximum absolute atomic E-state index is 11.5. The SMILES string of the molecule is N[C@@H](Cc1ccc(N(CCCl)CCCl)cc1)C(=O)O.Nc1ccn([C@@H]2O[C@H](CO)[C@@H](O)[C@@H]2O)c(=O)n1. The smallest absolute Gasteiger partial charge is 0.351 e. The van der Waals surface area contributed by atoms with E-state index in [0.29, 0.717) is 18.2 Å². The summed E-state index contributed by atoms with van der Waals surface area (Å²) < 4.78 is 6.19. The molecule has 1 fully saturated rings. The van der Waals surface area contributed by atoms with Gasteiger partial charge in [0.25, 0.3) is 0 Å². The summed E-state index contributed by atoms with van der Waals surface area (Å²) in [5, 5.41) is 36.9. The van der Waals surface area contributed by atoms with Gasteiger partial charge < -0.3 is 41.5 Å². The van der Waals surface area contributed by atoms with Crippen molar-refractivity contribution in [2.75, 3.05) is 42.1 Å². The van der Waals surface area contributed by atoms with Gasteiger partial charge >= 0.3 is 11.7 Å². The van der Waals surface area contributed by atoms with Crippen molar-refractivity contribution in [3.63, 3.8) is 0 Å². The van der Waals surface area contributed by atoms with Gasteiger partial charge in [-0.1, -0.05) is 12.1 Å². The number of aromatic nitrogens is 2. The minimum absolute atomic E-state index is 0.0537. The maximum atomic E-state index is 11.5. The third-order valence-corrected chi connectivity index (χ3v) is 5.76. The van der Waals surface area contributed by atoms with Gasteiger partial charge in [0.05, 0.1) is 6.61 Å². The van der Waals surface area contributed by atoms with Crippen molar-refractivity contribution < 1.29 is 30.0 Å². The van der Waals surface area contributed by atoms with Crippen LogP contribution < -0.4 is 22.1 Å². The highest BCUT2D eigenvalue weighted by atomic mass is 35.5. The van der Waals surface area contributed by atoms with E-state index in [-0.39, 0.29) is 5.82 Å². The molecule has 0 saturated carbocycles. The summed E-state index contributed by atoms with van der Waals surface area (Å²) in [5.74, 6) is 0.124. The molecule has 0 bridgehead atoms. The van der Waals surface area contributed by atoms with Gasteiger partial charge in [0.15, 0.2) is 6.23 Å². The van der Waals surface area contributed by atoms with E-state index in [1.54, 1.807) is 0 Å². The molecular formula is C22H31Cl2N5O7. The monoisotopic (exact) mass is 547 g/mol. The van der Waals surface area contributed by atoms with Gasteiger partial charge in [0.2, 0.25) is 0 Å². The Bertz CT molecular complexity index is 1020. The number of nitrogens with zero attached hydrogens (tertiary/aromatic N) is 3. The number of nitrogens with two attached hydrogens (primary N) is 2. The molecule has 1 aromatic heterocycles. The van der Waals surface area contributed by atoms with Crippen LogP contribution in [0, 0.1) is 0 Å². The summed E-state index contributed by atoms with van der Waals surface area (Å²) in [6.07, 6.45) is -2.95. The first-order chi connectivity index (χ1) is 17.1. The second kappa shape index (κ2) is 14.3. The highest BCUT2D eigenvalue weighted by Gasteiger charge is 2.43. The molecule has 3 rings (SSSR count). The number of ether oxygens (including phenoxy) is 1. The maximum Gasteiger partial charge on any atom is 0.351 e. The number of aliphatic hydroxyl groups excluding tert-OH is 3. The molecular weight excluding hydrogens is 517 g/mol. The highest BCUT2D eigenvalue weighted by Crippen LogP contribution is 2.27. The highest BCUT2D eigenvalue weighted by molar-refractivity contribution is 6.18. The molecule has 200 valence electrons. The quantitative estimate of drug-likeness (QED) is 0.207. The van der Waals surface area contributed by atoms with Crippen LogP contribution in [0.5, 0.6) is 0 Å². The standard InChI is InChI=1S/C13H18Cl2N2O2.C9H13N3O5/c14-5-7-17(8-6-15)11-3-1-10(2-4-11)9-12(16)13(18)19;10-5-1-2-12(9(16)11-5)8-7(15)6(14)4(3-13)17-8/h1-4,12H,5-9,16H2,(H,18,19);1-2,4,6-8,13-15H,3H2,(H2,10,11,16)/t12-;4-,6-,7+,8-/m01/s1. The van der Waals surface area contributed by atoms with Gasteiger partial charge in [-0.3, -0.25) is 9.36 Å². The normalized spacial score (nSPS) is 21.9. The molecule has 0 amide bonds. The second-order valence-electron chi connectivity index (χ2n) is 7.95. The Morgan fingerprint density at radius 2 is 1.75 bits per heavy atom. The number of anilines is 2. The minimum atomic E-state index is -1.31. The fraction of sp³-hybridized carbons (Fsp3) is 0.500. The number of nitrogen functional groups attached to an aromatic ring is 1. The molecule has 0 aliphatic carbocycles. The predicted octanol–water partition coefficient (Wildman–Crippen LogP) is -0.638. The van der Waals surface area contributed by atoms with Crippen LogP contribution in [0.2, 0.25) is 0 Å². The van der Waals surface area contributed by atoms with E-state index < -0.39 is 48.8 Å². The molecule has 1 aromatic carbocycles. The lowest BCUT2D eigenvalue weighted by atomic mass is 10.1. The molecule has 2 aromatic rings. The lowest BCUT2D eigenvalue weighted by Gasteiger charge is -2.23. The van der Waals surface area contributed by atoms with Crippen molar-refractivity contribution in [2.45, 2.75) is 37.0 Å². The summed E-state index contributed by atoms with van der Waals surface area (Å²) in [7, 11) is 0. The molecule has 8 N–H and O–H groups in total. The van der Waals surface area contributed by atoms with Crippen LogP contribution in [-0.4, -0.2) is 91.8 Å². The number of alkyl halides is 2. The third-order valence-electron chi connectivity index (χ3n) is 5.43. The summed E-state index contributed by atoms with van der Waals surface area (Å²) >= 11 is 11.5. The van der Waals surface area contributed by atoms with Crippen LogP contribution in [0.1, 0.15) is 11.8 Å². The van der Waals surface area contributed by atoms with E-state index in [0.717, 1.165) is 28.9 Å². The molecule has 0 unspecified atom stereocenters. The van der Waals surface area contributed by atoms with Crippen molar-refractivity contribution >= 4 is 40.7 Å². The number of carboxylic acid groups (broad SMARTS) is 1.